The molecule has 1 aromatic heterocycles. The molecule has 10 nitrogen and oxygen atoms in total. The van der Waals surface area contributed by atoms with Gasteiger partial charge in [-0.15, -0.1) is 0 Å². The van der Waals surface area contributed by atoms with E-state index in [-0.39, 0.29) is 19.1 Å². The number of amides is 3. The number of benzene rings is 2. The van der Waals surface area contributed by atoms with E-state index in [2.05, 4.69) is 20.9 Å². The number of fused-ring (bicyclic) bond motifs is 1. The number of carboxylic acids is 1. The SMILES string of the molecule is C[C@](Cc1c[nH]c2ccccc12)(NC(=O)OC1C2CC3CC(C2)CC1C3)C(=O)N[C@H](CNC(=O)C=CC(=O)O)Cc1ccccc1. The van der Waals surface area contributed by atoms with Crippen molar-refractivity contribution in [2.45, 2.75) is 69.6 Å². The van der Waals surface area contributed by atoms with Crippen LogP contribution in [0.1, 0.15) is 50.2 Å². The van der Waals surface area contributed by atoms with Crippen molar-refractivity contribution in [1.29, 1.82) is 0 Å². The molecule has 4 aliphatic rings. The summed E-state index contributed by atoms with van der Waals surface area (Å²) in [6.45, 7) is 1.75. The van der Waals surface area contributed by atoms with Gasteiger partial charge in [0, 0.05) is 42.2 Å². The predicted molar refractivity (Wildman–Crippen MR) is 173 cm³/mol. The first kappa shape index (κ1) is 31.4. The summed E-state index contributed by atoms with van der Waals surface area (Å²) in [6.07, 6.45) is 9.15. The average molecular weight is 627 g/mol. The van der Waals surface area contributed by atoms with E-state index in [4.69, 9.17) is 9.84 Å². The lowest BCUT2D eigenvalue weighted by atomic mass is 9.55. The van der Waals surface area contributed by atoms with Crippen molar-refractivity contribution >= 4 is 34.8 Å². The van der Waals surface area contributed by atoms with Crippen molar-refractivity contribution in [3.63, 3.8) is 0 Å². The number of aromatic nitrogens is 1. The Morgan fingerprint density at radius 2 is 1.63 bits per heavy atom. The summed E-state index contributed by atoms with van der Waals surface area (Å²) in [6, 6.07) is 16.8. The Bertz CT molecular complexity index is 1590. The van der Waals surface area contributed by atoms with E-state index in [9.17, 15) is 19.2 Å². The van der Waals surface area contributed by atoms with E-state index >= 15 is 0 Å². The molecule has 242 valence electrons. The zero-order chi connectivity index (χ0) is 32.3. The van der Waals surface area contributed by atoms with Gasteiger partial charge in [-0.05, 0) is 86.3 Å². The van der Waals surface area contributed by atoms with Crippen LogP contribution in [0.15, 0.2) is 72.9 Å². The number of carbonyl (C=O) groups is 4. The van der Waals surface area contributed by atoms with Gasteiger partial charge in [0.05, 0.1) is 6.04 Å². The fourth-order valence-electron chi connectivity index (χ4n) is 8.13. The first-order chi connectivity index (χ1) is 22.1. The maximum absolute atomic E-state index is 14.3. The minimum absolute atomic E-state index is 0.0464. The van der Waals surface area contributed by atoms with Gasteiger partial charge in [-0.25, -0.2) is 9.59 Å². The molecule has 0 saturated heterocycles. The molecule has 0 spiro atoms. The summed E-state index contributed by atoms with van der Waals surface area (Å²) < 4.78 is 6.16. The van der Waals surface area contributed by atoms with Crippen molar-refractivity contribution in [3.05, 3.63) is 84.1 Å². The fraction of sp³-hybridized carbons (Fsp3) is 0.444. The highest BCUT2D eigenvalue weighted by Gasteiger charge is 2.50. The van der Waals surface area contributed by atoms with Crippen LogP contribution >= 0.6 is 0 Å². The Morgan fingerprint density at radius 1 is 0.957 bits per heavy atom. The Balaban J connectivity index is 1.21. The highest BCUT2D eigenvalue weighted by molar-refractivity contribution is 5.94. The Labute approximate surface area is 268 Å². The predicted octanol–water partition coefficient (Wildman–Crippen LogP) is 4.50. The molecule has 4 aliphatic carbocycles. The molecule has 4 bridgehead atoms. The van der Waals surface area contributed by atoms with E-state index in [1.54, 1.807) is 6.92 Å². The van der Waals surface area contributed by atoms with Gasteiger partial charge < -0.3 is 30.8 Å². The van der Waals surface area contributed by atoms with Gasteiger partial charge in [-0.2, -0.15) is 0 Å². The molecule has 46 heavy (non-hydrogen) atoms. The first-order valence-corrected chi connectivity index (χ1v) is 16.2. The van der Waals surface area contributed by atoms with Crippen molar-refractivity contribution in [2.24, 2.45) is 23.7 Å². The standard InChI is InChI=1S/C36H42N4O6/c1-36(19-27-20-37-30-10-6-5-9-29(27)30,40-35(45)46-33-25-14-23-13-24(16-25)17-26(33)15-23)34(44)39-28(18-22-7-3-2-4-8-22)21-38-31(41)11-12-32(42)43/h2-12,20,23-26,28,33,37H,13-19,21H2,1H3,(H,38,41)(H,39,44)(H,40,45)(H,42,43)/t23?,24?,25?,26?,28-,33?,36+/m0/s1. The largest absolute Gasteiger partial charge is 0.478 e. The Kier molecular flexibility index (Phi) is 9.15. The van der Waals surface area contributed by atoms with Crippen molar-refractivity contribution < 1.29 is 29.0 Å². The molecule has 0 unspecified atom stereocenters. The molecule has 7 rings (SSSR count). The fourth-order valence-corrected chi connectivity index (χ4v) is 8.13. The molecule has 1 heterocycles. The zero-order valence-corrected chi connectivity index (χ0v) is 26.0. The van der Waals surface area contributed by atoms with Gasteiger partial charge in [0.25, 0.3) is 0 Å². The van der Waals surface area contributed by atoms with Gasteiger partial charge in [0.1, 0.15) is 11.6 Å². The lowest BCUT2D eigenvalue weighted by molar-refractivity contribution is -0.131. The second-order valence-electron chi connectivity index (χ2n) is 13.6. The van der Waals surface area contributed by atoms with E-state index in [0.29, 0.717) is 18.3 Å². The number of hydrogen-bond acceptors (Lipinski definition) is 5. The maximum Gasteiger partial charge on any atom is 0.408 e. The number of carboxylic acid groups (broad SMARTS) is 1. The maximum atomic E-state index is 14.3. The second-order valence-corrected chi connectivity index (χ2v) is 13.6. The number of alkyl carbamates (subject to hydrolysis) is 1. The quantitative estimate of drug-likeness (QED) is 0.187. The van der Waals surface area contributed by atoms with Gasteiger partial charge in [0.15, 0.2) is 0 Å². The molecule has 0 radical (unpaired) electrons. The smallest absolute Gasteiger partial charge is 0.408 e. The summed E-state index contributed by atoms with van der Waals surface area (Å²) in [5.41, 5.74) is 1.34. The van der Waals surface area contributed by atoms with Crippen molar-refractivity contribution in [2.75, 3.05) is 6.54 Å². The van der Waals surface area contributed by atoms with Crippen molar-refractivity contribution in [3.8, 4) is 0 Å². The first-order valence-electron chi connectivity index (χ1n) is 16.2. The topological polar surface area (TPSA) is 150 Å². The Morgan fingerprint density at radius 3 is 2.33 bits per heavy atom. The highest BCUT2D eigenvalue weighted by Crippen LogP contribution is 2.54. The molecule has 3 amide bonds. The van der Waals surface area contributed by atoms with Crippen LogP contribution in [-0.2, 0) is 32.0 Å². The summed E-state index contributed by atoms with van der Waals surface area (Å²) in [4.78, 5) is 54.3. The number of hydrogen-bond donors (Lipinski definition) is 5. The number of aliphatic carboxylic acids is 1. The van der Waals surface area contributed by atoms with Gasteiger partial charge in [-0.1, -0.05) is 48.5 Å². The van der Waals surface area contributed by atoms with Crippen LogP contribution in [0, 0.1) is 23.7 Å². The van der Waals surface area contributed by atoms with Gasteiger partial charge >= 0.3 is 12.1 Å². The molecule has 5 N–H and O–H groups in total. The number of aromatic amines is 1. The molecular formula is C36H42N4O6. The summed E-state index contributed by atoms with van der Waals surface area (Å²) in [5.74, 6) is -0.00175. The van der Waals surface area contributed by atoms with E-state index in [0.717, 1.165) is 71.7 Å². The molecule has 4 saturated carbocycles. The van der Waals surface area contributed by atoms with Crippen LogP contribution in [0.25, 0.3) is 10.9 Å². The second kappa shape index (κ2) is 13.4. The third-order valence-electron chi connectivity index (χ3n) is 10.0. The van der Waals surface area contributed by atoms with E-state index in [1.165, 1.54) is 6.42 Å². The van der Waals surface area contributed by atoms with Gasteiger partial charge in [0.2, 0.25) is 11.8 Å². The average Bonchev–Trinajstić information content (AvgIpc) is 3.43. The third kappa shape index (κ3) is 7.27. The summed E-state index contributed by atoms with van der Waals surface area (Å²) in [5, 5.41) is 18.6. The molecule has 4 fully saturated rings. The summed E-state index contributed by atoms with van der Waals surface area (Å²) >= 11 is 0. The van der Waals surface area contributed by atoms with Crippen molar-refractivity contribution in [1.82, 2.24) is 20.9 Å². The molecule has 3 aromatic rings. The molecule has 2 aromatic carbocycles. The number of rotatable bonds is 12. The van der Waals surface area contributed by atoms with Crippen LogP contribution in [0.5, 0.6) is 0 Å². The lowest BCUT2D eigenvalue weighted by Crippen LogP contribution is -2.62. The zero-order valence-electron chi connectivity index (χ0n) is 26.0. The minimum Gasteiger partial charge on any atom is -0.478 e. The van der Waals surface area contributed by atoms with E-state index in [1.807, 2.05) is 60.8 Å². The monoisotopic (exact) mass is 626 g/mol. The van der Waals surface area contributed by atoms with Crippen LogP contribution in [0.4, 0.5) is 4.79 Å². The Hall–Kier alpha value is -4.60. The molecule has 0 aliphatic heterocycles. The van der Waals surface area contributed by atoms with Crippen LogP contribution in [-0.4, -0.2) is 58.2 Å². The van der Waals surface area contributed by atoms with Gasteiger partial charge in [-0.3, -0.25) is 9.59 Å². The van der Waals surface area contributed by atoms with Crippen LogP contribution < -0.4 is 16.0 Å². The number of carbonyl (C=O) groups excluding carboxylic acids is 3. The lowest BCUT2D eigenvalue weighted by Gasteiger charge is -2.53. The van der Waals surface area contributed by atoms with E-state index < -0.39 is 35.5 Å². The highest BCUT2D eigenvalue weighted by atomic mass is 16.6. The normalized spacial score (nSPS) is 25.1. The number of nitrogens with one attached hydrogen (secondary N) is 4. The van der Waals surface area contributed by atoms with Crippen LogP contribution in [0.2, 0.25) is 0 Å². The molecule has 10 heteroatoms. The van der Waals surface area contributed by atoms with Crippen LogP contribution in [0.3, 0.4) is 0 Å². The third-order valence-corrected chi connectivity index (χ3v) is 10.0. The minimum atomic E-state index is -1.39. The number of para-hydroxylation sites is 1. The molecule has 2 atom stereocenters. The summed E-state index contributed by atoms with van der Waals surface area (Å²) in [7, 11) is 0. The molecular weight excluding hydrogens is 584 g/mol. The number of ether oxygens (including phenoxy) is 1. The number of H-pyrrole nitrogens is 1.